The summed E-state index contributed by atoms with van der Waals surface area (Å²) in [6.45, 7) is 2.95. The smallest absolute Gasteiger partial charge is 0.122 e. The normalized spacial score (nSPS) is 31.8. The van der Waals surface area contributed by atoms with E-state index in [1.54, 1.807) is 0 Å². The lowest BCUT2D eigenvalue weighted by molar-refractivity contribution is -1.07. The highest BCUT2D eigenvalue weighted by Gasteiger charge is 2.27. The van der Waals surface area contributed by atoms with Crippen LogP contribution in [0.2, 0.25) is 0 Å². The number of hydrogen-bond acceptors (Lipinski definition) is 1. The highest BCUT2D eigenvalue weighted by atomic mass is 127. The monoisotopic (exact) mass is 277 g/mol. The van der Waals surface area contributed by atoms with Crippen LogP contribution in [0.25, 0.3) is 0 Å². The van der Waals surface area contributed by atoms with Crippen LogP contribution >= 0.6 is 11.6 Å². The molecule has 0 aromatic rings. The molecule has 1 aliphatic heterocycles. The fourth-order valence-electron chi connectivity index (χ4n) is 1.10. The van der Waals surface area contributed by atoms with Crippen molar-refractivity contribution in [2.45, 2.75) is 6.42 Å². The zero-order valence-corrected chi connectivity index (χ0v) is 9.06. The van der Waals surface area contributed by atoms with Gasteiger partial charge in [0.15, 0.2) is 0 Å². The van der Waals surface area contributed by atoms with Crippen molar-refractivity contribution in [3.05, 3.63) is 0 Å². The molecule has 1 rings (SSSR count). The molecule has 0 spiro atoms. The molecule has 0 bridgehead atoms. The van der Waals surface area contributed by atoms with Gasteiger partial charge in [0.05, 0.1) is 12.9 Å². The van der Waals surface area contributed by atoms with Crippen LogP contribution in [-0.2, 0) is 4.84 Å². The molecule has 1 aliphatic rings. The summed E-state index contributed by atoms with van der Waals surface area (Å²) < 4.78 is 0.712. The van der Waals surface area contributed by atoms with Crippen molar-refractivity contribution in [2.75, 3.05) is 32.6 Å². The minimum atomic E-state index is 0. The second-order valence-corrected chi connectivity index (χ2v) is 3.00. The molecule has 0 aromatic heterocycles. The fraction of sp³-hybridized carbons (Fsp3) is 1.00. The average molecular weight is 278 g/mol. The lowest BCUT2D eigenvalue weighted by Gasteiger charge is -2.23. The highest BCUT2D eigenvalue weighted by molar-refractivity contribution is 6.17. The van der Waals surface area contributed by atoms with Gasteiger partial charge in [-0.25, -0.2) is 4.84 Å². The Hall–Kier alpha value is 0.940. The Labute approximate surface area is 84.0 Å². The van der Waals surface area contributed by atoms with Gasteiger partial charge in [-0.3, -0.25) is 0 Å². The van der Waals surface area contributed by atoms with Gasteiger partial charge in [-0.2, -0.15) is 4.65 Å². The summed E-state index contributed by atoms with van der Waals surface area (Å²) in [7, 11) is 2.08. The molecule has 62 valence electrons. The van der Waals surface area contributed by atoms with E-state index < -0.39 is 0 Å². The van der Waals surface area contributed by atoms with Gasteiger partial charge in [0, 0.05) is 6.42 Å². The number of nitrogens with zero attached hydrogens (tertiary/aromatic N) is 1. The van der Waals surface area contributed by atoms with E-state index in [1.165, 1.54) is 6.42 Å². The summed E-state index contributed by atoms with van der Waals surface area (Å²) in [6, 6.07) is 0. The topological polar surface area (TPSA) is 9.23 Å². The maximum Gasteiger partial charge on any atom is 0.122 e. The van der Waals surface area contributed by atoms with Crippen LogP contribution in [-0.4, -0.2) is 37.3 Å². The molecule has 0 radical (unpaired) electrons. The summed E-state index contributed by atoms with van der Waals surface area (Å²) in [6.07, 6.45) is 1.17. The zero-order chi connectivity index (χ0) is 6.74. The van der Waals surface area contributed by atoms with Crippen LogP contribution in [0.5, 0.6) is 0 Å². The van der Waals surface area contributed by atoms with E-state index in [2.05, 4.69) is 7.05 Å². The van der Waals surface area contributed by atoms with Crippen molar-refractivity contribution in [3.8, 4) is 0 Å². The van der Waals surface area contributed by atoms with Gasteiger partial charge in [-0.15, -0.1) is 11.6 Å². The Bertz CT molecular complexity index is 95.7. The van der Waals surface area contributed by atoms with Crippen molar-refractivity contribution in [1.29, 1.82) is 0 Å². The predicted molar refractivity (Wildman–Crippen MR) is 37.2 cm³/mol. The number of hydroxylamine groups is 3. The van der Waals surface area contributed by atoms with Crippen molar-refractivity contribution < 1.29 is 33.5 Å². The molecule has 1 unspecified atom stereocenters. The standard InChI is InChI=1S/C6H13ClNO.HI/c1-8(5-3-7)4-2-6-9-8;/h2-6H2,1H3;1H/q+1;/p-1. The third kappa shape index (κ3) is 2.90. The van der Waals surface area contributed by atoms with Crippen LogP contribution in [0.1, 0.15) is 6.42 Å². The lowest BCUT2D eigenvalue weighted by atomic mass is 10.4. The Morgan fingerprint density at radius 2 is 2.30 bits per heavy atom. The van der Waals surface area contributed by atoms with E-state index in [9.17, 15) is 0 Å². The second-order valence-electron chi connectivity index (χ2n) is 2.62. The van der Waals surface area contributed by atoms with E-state index >= 15 is 0 Å². The number of hydrogen-bond donors (Lipinski definition) is 0. The molecule has 4 heteroatoms. The van der Waals surface area contributed by atoms with Crippen LogP contribution in [0.3, 0.4) is 0 Å². The van der Waals surface area contributed by atoms with Crippen LogP contribution in [0.4, 0.5) is 0 Å². The summed E-state index contributed by atoms with van der Waals surface area (Å²) in [5, 5.41) is 0. The molecule has 0 aliphatic carbocycles. The summed E-state index contributed by atoms with van der Waals surface area (Å²) in [4.78, 5) is 5.43. The van der Waals surface area contributed by atoms with Gasteiger partial charge in [-0.05, 0) is 0 Å². The minimum absolute atomic E-state index is 0. The van der Waals surface area contributed by atoms with E-state index in [1.807, 2.05) is 0 Å². The molecule has 1 atom stereocenters. The number of alkyl halides is 1. The predicted octanol–water partition coefficient (Wildman–Crippen LogP) is -1.99. The quantitative estimate of drug-likeness (QED) is 0.323. The molecule has 10 heavy (non-hydrogen) atoms. The van der Waals surface area contributed by atoms with Gasteiger partial charge in [-0.1, -0.05) is 0 Å². The first-order valence-corrected chi connectivity index (χ1v) is 3.85. The van der Waals surface area contributed by atoms with Crippen molar-refractivity contribution in [2.24, 2.45) is 0 Å². The molecule has 0 N–H and O–H groups in total. The van der Waals surface area contributed by atoms with E-state index in [4.69, 9.17) is 16.4 Å². The van der Waals surface area contributed by atoms with Gasteiger partial charge in [0.25, 0.3) is 0 Å². The molecular formula is C6H13ClINO. The summed E-state index contributed by atoms with van der Waals surface area (Å²) >= 11 is 5.58. The third-order valence-electron chi connectivity index (χ3n) is 1.74. The third-order valence-corrected chi connectivity index (χ3v) is 1.90. The molecule has 1 heterocycles. The van der Waals surface area contributed by atoms with Crippen LogP contribution in [0.15, 0.2) is 0 Å². The molecule has 0 amide bonds. The van der Waals surface area contributed by atoms with Gasteiger partial charge in [0.1, 0.15) is 19.7 Å². The number of halogens is 2. The zero-order valence-electron chi connectivity index (χ0n) is 6.15. The molecule has 0 aromatic carbocycles. The Kier molecular flexibility index (Phi) is 5.19. The first-order valence-electron chi connectivity index (χ1n) is 3.32. The Morgan fingerprint density at radius 3 is 2.70 bits per heavy atom. The first kappa shape index (κ1) is 10.9. The highest BCUT2D eigenvalue weighted by Crippen LogP contribution is 2.13. The minimum Gasteiger partial charge on any atom is -1.00 e. The van der Waals surface area contributed by atoms with Crippen LogP contribution < -0.4 is 24.0 Å². The number of rotatable bonds is 2. The molecule has 0 saturated carbocycles. The lowest BCUT2D eigenvalue weighted by Crippen LogP contribution is -3.00. The Balaban J connectivity index is 0.000000810. The molecule has 2 nitrogen and oxygen atoms in total. The van der Waals surface area contributed by atoms with Gasteiger partial charge >= 0.3 is 0 Å². The van der Waals surface area contributed by atoms with Crippen LogP contribution in [0, 0.1) is 0 Å². The van der Waals surface area contributed by atoms with E-state index in [-0.39, 0.29) is 24.0 Å². The maximum absolute atomic E-state index is 5.58. The summed E-state index contributed by atoms with van der Waals surface area (Å²) in [5.74, 6) is 0.691. The Morgan fingerprint density at radius 1 is 1.60 bits per heavy atom. The summed E-state index contributed by atoms with van der Waals surface area (Å²) in [5.41, 5.74) is 0. The first-order chi connectivity index (χ1) is 4.27. The fourth-order valence-corrected chi connectivity index (χ4v) is 1.46. The van der Waals surface area contributed by atoms with Crippen molar-refractivity contribution >= 4 is 11.6 Å². The number of quaternary nitrogens is 1. The van der Waals surface area contributed by atoms with Gasteiger partial charge in [0.2, 0.25) is 0 Å². The molecule has 1 saturated heterocycles. The molecule has 1 fully saturated rings. The largest absolute Gasteiger partial charge is 1.00 e. The molecular weight excluding hydrogens is 264 g/mol. The van der Waals surface area contributed by atoms with Crippen molar-refractivity contribution in [3.63, 3.8) is 0 Å². The average Bonchev–Trinajstić information content (AvgIpc) is 2.16. The van der Waals surface area contributed by atoms with Gasteiger partial charge < -0.3 is 24.0 Å². The van der Waals surface area contributed by atoms with Crippen molar-refractivity contribution in [1.82, 2.24) is 0 Å². The van der Waals surface area contributed by atoms with E-state index in [0.717, 1.165) is 19.7 Å². The van der Waals surface area contributed by atoms with E-state index in [0.29, 0.717) is 10.5 Å². The SMILES string of the molecule is C[N+]1(CCCl)CCCO1.[I-]. The second kappa shape index (κ2) is 4.74. The maximum atomic E-state index is 5.58.